The lowest BCUT2D eigenvalue weighted by molar-refractivity contribution is -0.106. The molecule has 2 aromatic carbocycles. The fraction of sp³-hybridized carbons (Fsp3) is 0. The Bertz CT molecular complexity index is 767. The van der Waals surface area contributed by atoms with Gasteiger partial charge in [-0.05, 0) is 36.4 Å². The third-order valence-corrected chi connectivity index (χ3v) is 4.02. The molecule has 0 bridgehead atoms. The Morgan fingerprint density at radius 3 is 1.61 bits per heavy atom. The van der Waals surface area contributed by atoms with Crippen LogP contribution in [0.2, 0.25) is 0 Å². The fourth-order valence-corrected chi connectivity index (χ4v) is 2.81. The predicted molar refractivity (Wildman–Crippen MR) is 85.8 cm³/mol. The third kappa shape index (κ3) is 3.88. The zero-order chi connectivity index (χ0) is 16.7. The van der Waals surface area contributed by atoms with E-state index in [9.17, 15) is 9.59 Å². The van der Waals surface area contributed by atoms with Crippen LogP contribution >= 0.6 is 11.8 Å². The lowest BCUT2D eigenvalue weighted by atomic mass is 10.2. The Hall–Kier alpha value is -3.29. The molecule has 0 spiro atoms. The Morgan fingerprint density at radius 2 is 1.26 bits per heavy atom. The zero-order valence-corrected chi connectivity index (χ0v) is 12.6. The van der Waals surface area contributed by atoms with Crippen LogP contribution in [-0.2, 0) is 9.59 Å². The topological polar surface area (TPSA) is 106 Å². The zero-order valence-electron chi connectivity index (χ0n) is 11.7. The highest BCUT2D eigenvalue weighted by Gasteiger charge is 2.10. The third-order valence-electron chi connectivity index (χ3n) is 2.87. The summed E-state index contributed by atoms with van der Waals surface area (Å²) < 4.78 is 0. The molecule has 0 radical (unpaired) electrons. The first-order valence-electron chi connectivity index (χ1n) is 6.38. The lowest BCUT2D eigenvalue weighted by Gasteiger charge is -2.11. The molecule has 0 atom stereocenters. The molecule has 0 aliphatic heterocycles. The Kier molecular flexibility index (Phi) is 5.35. The molecule has 6 nitrogen and oxygen atoms in total. The molecule has 2 amide bonds. The minimum absolute atomic E-state index is 0.421. The van der Waals surface area contributed by atoms with Crippen LogP contribution in [0.25, 0.3) is 0 Å². The number of benzene rings is 2. The second-order valence-corrected chi connectivity index (χ2v) is 5.36. The van der Waals surface area contributed by atoms with E-state index in [0.29, 0.717) is 45.1 Å². The number of carbonyl (C=O) groups excluding carboxylic acids is 2. The van der Waals surface area contributed by atoms with Gasteiger partial charge in [0.25, 0.3) is 0 Å². The summed E-state index contributed by atoms with van der Waals surface area (Å²) in [6.45, 7) is 0. The van der Waals surface area contributed by atoms with Gasteiger partial charge in [0.05, 0.1) is 34.6 Å². The van der Waals surface area contributed by atoms with Gasteiger partial charge in [-0.2, -0.15) is 10.5 Å². The molecular weight excluding hydrogens is 312 g/mol. The molecule has 0 unspecified atom stereocenters. The van der Waals surface area contributed by atoms with Gasteiger partial charge in [0.15, 0.2) is 0 Å². The second-order valence-electron chi connectivity index (χ2n) is 4.27. The predicted octanol–water partition coefficient (Wildman–Crippen LogP) is 2.72. The number of anilines is 2. The van der Waals surface area contributed by atoms with Crippen molar-refractivity contribution in [2.75, 3.05) is 10.6 Å². The minimum atomic E-state index is 0.421. The number of hydrogen-bond acceptors (Lipinski definition) is 5. The van der Waals surface area contributed by atoms with Crippen LogP contribution in [0.1, 0.15) is 11.1 Å². The first-order chi connectivity index (χ1) is 11.2. The number of amides is 2. The Morgan fingerprint density at radius 1 is 0.826 bits per heavy atom. The molecule has 0 aromatic heterocycles. The van der Waals surface area contributed by atoms with E-state index in [0.717, 1.165) is 0 Å². The van der Waals surface area contributed by atoms with Crippen molar-refractivity contribution in [3.05, 3.63) is 47.5 Å². The number of hydrogen-bond donors (Lipinski definition) is 2. The van der Waals surface area contributed by atoms with Crippen LogP contribution in [0, 0.1) is 22.7 Å². The highest BCUT2D eigenvalue weighted by molar-refractivity contribution is 7.99. The molecular formula is C16H10N4O2S. The summed E-state index contributed by atoms with van der Waals surface area (Å²) in [5, 5.41) is 23.0. The maximum atomic E-state index is 10.7. The summed E-state index contributed by atoms with van der Waals surface area (Å²) in [6, 6.07) is 13.8. The van der Waals surface area contributed by atoms with Gasteiger partial charge in [-0.3, -0.25) is 9.59 Å². The summed E-state index contributed by atoms with van der Waals surface area (Å²) in [5.74, 6) is 0. The van der Waals surface area contributed by atoms with Crippen molar-refractivity contribution in [2.24, 2.45) is 0 Å². The van der Waals surface area contributed by atoms with Crippen molar-refractivity contribution >= 4 is 36.0 Å². The summed E-state index contributed by atoms with van der Waals surface area (Å²) in [7, 11) is 0. The van der Waals surface area contributed by atoms with Gasteiger partial charge < -0.3 is 10.6 Å². The van der Waals surface area contributed by atoms with Gasteiger partial charge in [-0.25, -0.2) is 0 Å². The van der Waals surface area contributed by atoms with Crippen LogP contribution in [0.4, 0.5) is 11.4 Å². The van der Waals surface area contributed by atoms with Crippen molar-refractivity contribution in [3.8, 4) is 12.1 Å². The van der Waals surface area contributed by atoms with Crippen molar-refractivity contribution in [3.63, 3.8) is 0 Å². The Balaban J connectivity index is 2.42. The van der Waals surface area contributed by atoms with Crippen LogP contribution in [0.15, 0.2) is 46.2 Å². The molecule has 0 aliphatic rings. The molecule has 0 heterocycles. The number of rotatable bonds is 6. The largest absolute Gasteiger partial charge is 0.328 e. The second kappa shape index (κ2) is 7.64. The van der Waals surface area contributed by atoms with Gasteiger partial charge in [0, 0.05) is 9.79 Å². The highest BCUT2D eigenvalue weighted by atomic mass is 32.2. The summed E-state index contributed by atoms with van der Waals surface area (Å²) in [4.78, 5) is 22.9. The Labute approximate surface area is 136 Å². The number of nitrogens with zero attached hydrogens (tertiary/aromatic N) is 2. The van der Waals surface area contributed by atoms with Gasteiger partial charge in [0.2, 0.25) is 12.8 Å². The van der Waals surface area contributed by atoms with Gasteiger partial charge in [-0.1, -0.05) is 11.8 Å². The molecule has 0 saturated carbocycles. The average Bonchev–Trinajstić information content (AvgIpc) is 2.58. The van der Waals surface area contributed by atoms with E-state index in [2.05, 4.69) is 10.6 Å². The van der Waals surface area contributed by atoms with Gasteiger partial charge in [-0.15, -0.1) is 0 Å². The number of nitriles is 2. The van der Waals surface area contributed by atoms with Crippen molar-refractivity contribution < 1.29 is 9.59 Å². The molecule has 2 aromatic rings. The fourth-order valence-electron chi connectivity index (χ4n) is 1.85. The van der Waals surface area contributed by atoms with Crippen LogP contribution < -0.4 is 10.6 Å². The maximum absolute atomic E-state index is 10.7. The summed E-state index contributed by atoms with van der Waals surface area (Å²) in [5.41, 5.74) is 1.82. The smallest absolute Gasteiger partial charge is 0.211 e. The first-order valence-corrected chi connectivity index (χ1v) is 7.20. The normalized spacial score (nSPS) is 9.30. The molecule has 0 saturated heterocycles. The van der Waals surface area contributed by atoms with Crippen molar-refractivity contribution in [2.45, 2.75) is 9.79 Å². The highest BCUT2D eigenvalue weighted by Crippen LogP contribution is 2.38. The maximum Gasteiger partial charge on any atom is 0.211 e. The minimum Gasteiger partial charge on any atom is -0.328 e. The van der Waals surface area contributed by atoms with E-state index in [1.165, 1.54) is 11.8 Å². The van der Waals surface area contributed by atoms with E-state index in [4.69, 9.17) is 10.5 Å². The van der Waals surface area contributed by atoms with Crippen molar-refractivity contribution in [1.29, 1.82) is 10.5 Å². The van der Waals surface area contributed by atoms with Crippen LogP contribution in [0.5, 0.6) is 0 Å². The number of carbonyl (C=O) groups is 2. The SMILES string of the molecule is N#Cc1ccc(Sc2ccc(C#N)cc2NC=O)c(NC=O)c1. The van der Waals surface area contributed by atoms with E-state index in [1.54, 1.807) is 36.4 Å². The van der Waals surface area contributed by atoms with Crippen molar-refractivity contribution in [1.82, 2.24) is 0 Å². The van der Waals surface area contributed by atoms with Gasteiger partial charge >= 0.3 is 0 Å². The molecule has 2 rings (SSSR count). The summed E-state index contributed by atoms with van der Waals surface area (Å²) in [6.07, 6.45) is 1.06. The first kappa shape index (κ1) is 16.1. The van der Waals surface area contributed by atoms with Gasteiger partial charge in [0.1, 0.15) is 0 Å². The lowest BCUT2D eigenvalue weighted by Crippen LogP contribution is -1.98. The summed E-state index contributed by atoms with van der Waals surface area (Å²) >= 11 is 1.30. The molecule has 112 valence electrons. The van der Waals surface area contributed by atoms with E-state index >= 15 is 0 Å². The molecule has 0 aliphatic carbocycles. The van der Waals surface area contributed by atoms with E-state index < -0.39 is 0 Å². The van der Waals surface area contributed by atoms with E-state index in [1.807, 2.05) is 12.1 Å². The molecule has 23 heavy (non-hydrogen) atoms. The standard InChI is InChI=1S/C16H10N4O2S/c17-7-11-1-3-15(13(5-11)19-9-21)23-16-4-2-12(8-18)6-14(16)20-10-22/h1-6,9-10H,(H,19,21)(H,20,22). The quantitative estimate of drug-likeness (QED) is 0.795. The van der Waals surface area contributed by atoms with Crippen LogP contribution in [0.3, 0.4) is 0 Å². The molecule has 2 N–H and O–H groups in total. The monoisotopic (exact) mass is 322 g/mol. The average molecular weight is 322 g/mol. The molecule has 0 fully saturated rings. The molecule has 7 heteroatoms. The number of nitrogens with one attached hydrogen (secondary N) is 2. The van der Waals surface area contributed by atoms with Crippen LogP contribution in [-0.4, -0.2) is 12.8 Å². The van der Waals surface area contributed by atoms with E-state index in [-0.39, 0.29) is 0 Å².